The lowest BCUT2D eigenvalue weighted by atomic mass is 10.2. The molecule has 3 aromatic rings. The van der Waals surface area contributed by atoms with E-state index in [-0.39, 0.29) is 12.1 Å². The molecule has 0 aliphatic heterocycles. The second-order valence-electron chi connectivity index (χ2n) is 5.54. The lowest BCUT2D eigenvalue weighted by molar-refractivity contribution is 0.102. The van der Waals surface area contributed by atoms with Gasteiger partial charge in [0, 0.05) is 6.20 Å². The average molecular weight is 358 g/mol. The molecule has 1 aromatic heterocycles. The van der Waals surface area contributed by atoms with E-state index in [0.717, 1.165) is 18.2 Å². The van der Waals surface area contributed by atoms with E-state index in [0.29, 0.717) is 5.56 Å². The van der Waals surface area contributed by atoms with Gasteiger partial charge in [0.15, 0.2) is 0 Å². The smallest absolute Gasteiger partial charge is 0.263 e. The summed E-state index contributed by atoms with van der Waals surface area (Å²) in [6, 6.07) is 11.5. The first kappa shape index (κ1) is 17.5. The van der Waals surface area contributed by atoms with Crippen LogP contribution < -0.4 is 10.9 Å². The summed E-state index contributed by atoms with van der Waals surface area (Å²) in [7, 11) is 0. The number of aromatic nitrogens is 1. The Balaban J connectivity index is 1.89. The van der Waals surface area contributed by atoms with Crippen molar-refractivity contribution in [2.75, 3.05) is 5.32 Å². The fourth-order valence-electron chi connectivity index (χ4n) is 2.46. The van der Waals surface area contributed by atoms with Crippen LogP contribution in [0.1, 0.15) is 15.9 Å². The van der Waals surface area contributed by atoms with Crippen LogP contribution in [0.25, 0.3) is 0 Å². The molecule has 2 aromatic carbocycles. The van der Waals surface area contributed by atoms with Crippen molar-refractivity contribution in [3.8, 4) is 0 Å². The van der Waals surface area contributed by atoms with E-state index >= 15 is 0 Å². The Morgan fingerprint density at radius 3 is 2.35 bits per heavy atom. The number of pyridine rings is 1. The molecule has 0 radical (unpaired) electrons. The first-order valence-corrected chi connectivity index (χ1v) is 7.65. The average Bonchev–Trinajstić information content (AvgIpc) is 2.60. The van der Waals surface area contributed by atoms with Crippen molar-refractivity contribution in [3.05, 3.63) is 99.7 Å². The Kier molecular flexibility index (Phi) is 4.88. The molecule has 0 atom stereocenters. The first-order chi connectivity index (χ1) is 12.5. The first-order valence-electron chi connectivity index (χ1n) is 7.65. The number of para-hydroxylation sites is 1. The molecule has 0 bridgehead atoms. The lowest BCUT2D eigenvalue weighted by Gasteiger charge is -2.10. The molecule has 0 unspecified atom stereocenters. The number of hydrogen-bond acceptors (Lipinski definition) is 2. The Morgan fingerprint density at radius 2 is 1.65 bits per heavy atom. The Hall–Kier alpha value is -3.35. The van der Waals surface area contributed by atoms with Gasteiger partial charge in [-0.2, -0.15) is 0 Å². The zero-order chi connectivity index (χ0) is 18.7. The van der Waals surface area contributed by atoms with Crippen molar-refractivity contribution in [2.24, 2.45) is 0 Å². The highest BCUT2D eigenvalue weighted by atomic mass is 19.1. The standard InChI is InChI=1S/C19H13F3N2O2/c20-13-5-1-4-12(10-13)11-24-9-3-6-14(19(24)26)18(25)23-17-15(21)7-2-8-16(17)22/h1-10H,11H2,(H,23,25). The summed E-state index contributed by atoms with van der Waals surface area (Å²) < 4.78 is 41.8. The van der Waals surface area contributed by atoms with Gasteiger partial charge in [-0.3, -0.25) is 9.59 Å². The molecular formula is C19H13F3N2O2. The Bertz CT molecular complexity index is 1010. The molecular weight excluding hydrogens is 345 g/mol. The minimum absolute atomic E-state index is 0.0474. The quantitative estimate of drug-likeness (QED) is 0.775. The van der Waals surface area contributed by atoms with E-state index in [1.54, 1.807) is 6.07 Å². The van der Waals surface area contributed by atoms with Crippen molar-refractivity contribution < 1.29 is 18.0 Å². The third-order valence-electron chi connectivity index (χ3n) is 3.71. The molecule has 0 aliphatic rings. The molecule has 7 heteroatoms. The minimum atomic E-state index is -0.950. The number of amides is 1. The van der Waals surface area contributed by atoms with Crippen LogP contribution in [0.15, 0.2) is 65.6 Å². The number of benzene rings is 2. The van der Waals surface area contributed by atoms with E-state index in [1.165, 1.54) is 41.1 Å². The highest BCUT2D eigenvalue weighted by Gasteiger charge is 2.17. The van der Waals surface area contributed by atoms with Gasteiger partial charge in [-0.1, -0.05) is 18.2 Å². The van der Waals surface area contributed by atoms with Gasteiger partial charge in [-0.05, 0) is 42.0 Å². The van der Waals surface area contributed by atoms with Crippen molar-refractivity contribution >= 4 is 11.6 Å². The number of nitrogens with one attached hydrogen (secondary N) is 1. The minimum Gasteiger partial charge on any atom is -0.317 e. The maximum absolute atomic E-state index is 13.7. The maximum atomic E-state index is 13.7. The van der Waals surface area contributed by atoms with E-state index in [1.807, 2.05) is 0 Å². The van der Waals surface area contributed by atoms with Gasteiger partial charge in [-0.15, -0.1) is 0 Å². The predicted molar refractivity (Wildman–Crippen MR) is 90.5 cm³/mol. The number of rotatable bonds is 4. The number of carbonyl (C=O) groups excluding carboxylic acids is 1. The monoisotopic (exact) mass is 358 g/mol. The lowest BCUT2D eigenvalue weighted by Crippen LogP contribution is -2.29. The van der Waals surface area contributed by atoms with Gasteiger partial charge in [0.1, 0.15) is 28.7 Å². The number of nitrogens with zero attached hydrogens (tertiary/aromatic N) is 1. The van der Waals surface area contributed by atoms with Crippen LogP contribution >= 0.6 is 0 Å². The van der Waals surface area contributed by atoms with Crippen LogP contribution in [0.4, 0.5) is 18.9 Å². The third kappa shape index (κ3) is 3.66. The van der Waals surface area contributed by atoms with Crippen molar-refractivity contribution in [1.82, 2.24) is 4.57 Å². The van der Waals surface area contributed by atoms with Crippen LogP contribution in [-0.2, 0) is 6.54 Å². The largest absolute Gasteiger partial charge is 0.317 e. The molecule has 4 nitrogen and oxygen atoms in total. The van der Waals surface area contributed by atoms with Gasteiger partial charge in [0.25, 0.3) is 11.5 Å². The molecule has 1 heterocycles. The summed E-state index contributed by atoms with van der Waals surface area (Å²) in [5.41, 5.74) is -1.04. The van der Waals surface area contributed by atoms with Crippen molar-refractivity contribution in [2.45, 2.75) is 6.54 Å². The molecule has 26 heavy (non-hydrogen) atoms. The van der Waals surface area contributed by atoms with Crippen molar-refractivity contribution in [3.63, 3.8) is 0 Å². The highest BCUT2D eigenvalue weighted by molar-refractivity contribution is 6.04. The fourth-order valence-corrected chi connectivity index (χ4v) is 2.46. The second-order valence-corrected chi connectivity index (χ2v) is 5.54. The number of anilines is 1. The van der Waals surface area contributed by atoms with E-state index < -0.39 is 34.6 Å². The summed E-state index contributed by atoms with van der Waals surface area (Å²) in [6.45, 7) is 0.0474. The second kappa shape index (κ2) is 7.26. The van der Waals surface area contributed by atoms with Crippen LogP contribution in [-0.4, -0.2) is 10.5 Å². The number of carbonyl (C=O) groups is 1. The van der Waals surface area contributed by atoms with Gasteiger partial charge in [-0.25, -0.2) is 13.2 Å². The van der Waals surface area contributed by atoms with Crippen LogP contribution in [0, 0.1) is 17.5 Å². The summed E-state index contributed by atoms with van der Waals surface area (Å²) in [5.74, 6) is -3.28. The summed E-state index contributed by atoms with van der Waals surface area (Å²) in [6.07, 6.45) is 1.44. The molecule has 0 fully saturated rings. The van der Waals surface area contributed by atoms with Crippen molar-refractivity contribution in [1.29, 1.82) is 0 Å². The van der Waals surface area contributed by atoms with Crippen LogP contribution in [0.2, 0.25) is 0 Å². The molecule has 1 N–H and O–H groups in total. The molecule has 0 saturated heterocycles. The molecule has 0 aliphatic carbocycles. The van der Waals surface area contributed by atoms with Gasteiger partial charge >= 0.3 is 0 Å². The van der Waals surface area contributed by atoms with Crippen LogP contribution in [0.5, 0.6) is 0 Å². The third-order valence-corrected chi connectivity index (χ3v) is 3.71. The fraction of sp³-hybridized carbons (Fsp3) is 0.0526. The molecule has 3 rings (SSSR count). The molecule has 1 amide bonds. The van der Waals surface area contributed by atoms with Gasteiger partial charge in [0.05, 0.1) is 6.54 Å². The summed E-state index contributed by atoms with van der Waals surface area (Å²) in [4.78, 5) is 24.8. The maximum Gasteiger partial charge on any atom is 0.263 e. The summed E-state index contributed by atoms with van der Waals surface area (Å²) in [5, 5.41) is 2.07. The Morgan fingerprint density at radius 1 is 0.962 bits per heavy atom. The van der Waals surface area contributed by atoms with E-state index in [2.05, 4.69) is 5.32 Å². The number of halogens is 3. The zero-order valence-corrected chi connectivity index (χ0v) is 13.4. The Labute approximate surface area is 146 Å². The van der Waals surface area contributed by atoms with Crippen LogP contribution in [0.3, 0.4) is 0 Å². The normalized spacial score (nSPS) is 10.6. The topological polar surface area (TPSA) is 51.1 Å². The summed E-state index contributed by atoms with van der Waals surface area (Å²) >= 11 is 0. The zero-order valence-electron chi connectivity index (χ0n) is 13.4. The predicted octanol–water partition coefficient (Wildman–Crippen LogP) is 3.57. The highest BCUT2D eigenvalue weighted by Crippen LogP contribution is 2.18. The molecule has 0 spiro atoms. The van der Waals surface area contributed by atoms with E-state index in [9.17, 15) is 22.8 Å². The van der Waals surface area contributed by atoms with Gasteiger partial charge < -0.3 is 9.88 Å². The number of hydrogen-bond donors (Lipinski definition) is 1. The van der Waals surface area contributed by atoms with E-state index in [4.69, 9.17) is 0 Å². The SMILES string of the molecule is O=C(Nc1c(F)cccc1F)c1cccn(Cc2cccc(F)c2)c1=O. The molecule has 0 saturated carbocycles. The van der Waals surface area contributed by atoms with Gasteiger partial charge in [0.2, 0.25) is 0 Å². The molecule has 132 valence electrons.